The number of hydrogen-bond acceptors (Lipinski definition) is 3. The van der Waals surface area contributed by atoms with Crippen LogP contribution in [0.3, 0.4) is 0 Å². The Kier molecular flexibility index (Phi) is 4.25. The predicted molar refractivity (Wildman–Crippen MR) is 61.8 cm³/mol. The number of ether oxygens (including phenoxy) is 1. The van der Waals surface area contributed by atoms with E-state index in [0.717, 1.165) is 12.1 Å². The summed E-state index contributed by atoms with van der Waals surface area (Å²) in [6.45, 7) is 3.35. The van der Waals surface area contributed by atoms with Gasteiger partial charge in [0.25, 0.3) is 5.91 Å². The van der Waals surface area contributed by atoms with Crippen LogP contribution < -0.4 is 10.5 Å². The first-order valence-corrected chi connectivity index (χ1v) is 5.31. The number of carbonyl (C=O) groups is 2. The van der Waals surface area contributed by atoms with Crippen molar-refractivity contribution in [1.29, 1.82) is 0 Å². The largest absolute Gasteiger partial charge is 0.478 e. The minimum Gasteiger partial charge on any atom is -0.478 e. The number of amides is 1. The zero-order valence-electron chi connectivity index (χ0n) is 10.0. The fourth-order valence-electron chi connectivity index (χ4n) is 1.39. The molecular formula is C12H14FNO4. The van der Waals surface area contributed by atoms with Gasteiger partial charge < -0.3 is 15.6 Å². The summed E-state index contributed by atoms with van der Waals surface area (Å²) in [6, 6.07) is 3.41. The van der Waals surface area contributed by atoms with E-state index in [0.29, 0.717) is 0 Å². The molecule has 1 rings (SSSR count). The monoisotopic (exact) mass is 255 g/mol. The Morgan fingerprint density at radius 1 is 1.39 bits per heavy atom. The van der Waals surface area contributed by atoms with Gasteiger partial charge in [0.2, 0.25) is 0 Å². The third-order valence-corrected chi connectivity index (χ3v) is 2.32. The van der Waals surface area contributed by atoms with Gasteiger partial charge in [-0.15, -0.1) is 0 Å². The van der Waals surface area contributed by atoms with Gasteiger partial charge in [-0.3, -0.25) is 4.79 Å². The van der Waals surface area contributed by atoms with E-state index in [2.05, 4.69) is 0 Å². The minimum atomic E-state index is -1.13. The molecular weight excluding hydrogens is 241 g/mol. The molecule has 1 aromatic carbocycles. The van der Waals surface area contributed by atoms with Crippen molar-refractivity contribution in [3.05, 3.63) is 29.6 Å². The summed E-state index contributed by atoms with van der Waals surface area (Å²) in [6.07, 6.45) is -1.08. The highest BCUT2D eigenvalue weighted by molar-refractivity contribution is 5.93. The molecule has 0 saturated carbocycles. The summed E-state index contributed by atoms with van der Waals surface area (Å²) in [5.41, 5.74) is 4.68. The molecule has 98 valence electrons. The highest BCUT2D eigenvalue weighted by Crippen LogP contribution is 2.19. The van der Waals surface area contributed by atoms with Crippen LogP contribution in [-0.4, -0.2) is 23.1 Å². The quantitative estimate of drug-likeness (QED) is 0.832. The van der Waals surface area contributed by atoms with Crippen molar-refractivity contribution >= 4 is 11.9 Å². The molecule has 0 spiro atoms. The Hall–Kier alpha value is -2.11. The summed E-state index contributed by atoms with van der Waals surface area (Å²) < 4.78 is 18.6. The molecule has 0 heterocycles. The molecule has 5 nitrogen and oxygen atoms in total. The molecule has 1 unspecified atom stereocenters. The lowest BCUT2D eigenvalue weighted by Crippen LogP contribution is -2.32. The third-order valence-electron chi connectivity index (χ3n) is 2.32. The Labute approximate surface area is 103 Å². The maximum atomic E-state index is 13.4. The molecule has 1 aromatic rings. The van der Waals surface area contributed by atoms with Crippen LogP contribution in [0.15, 0.2) is 18.2 Å². The first-order valence-electron chi connectivity index (χ1n) is 5.31. The standard InChI is InChI=1S/C12H14FNO4/c1-6(2)10(12(16)17)18-7-3-4-8(11(14)15)9(13)5-7/h3-6,10H,1-2H3,(H2,14,15)(H,16,17). The number of carboxylic acid groups (broad SMARTS) is 1. The van der Waals surface area contributed by atoms with Crippen molar-refractivity contribution in [3.8, 4) is 5.75 Å². The molecule has 0 radical (unpaired) electrons. The molecule has 0 aliphatic carbocycles. The molecule has 6 heteroatoms. The average Bonchev–Trinajstić information content (AvgIpc) is 2.24. The summed E-state index contributed by atoms with van der Waals surface area (Å²) >= 11 is 0. The van der Waals surface area contributed by atoms with Gasteiger partial charge in [0.1, 0.15) is 11.6 Å². The van der Waals surface area contributed by atoms with Gasteiger partial charge in [0, 0.05) is 12.0 Å². The first-order chi connectivity index (χ1) is 8.32. The lowest BCUT2D eigenvalue weighted by atomic mass is 10.1. The molecule has 1 atom stereocenters. The van der Waals surface area contributed by atoms with Crippen LogP contribution >= 0.6 is 0 Å². The molecule has 1 amide bonds. The fraction of sp³-hybridized carbons (Fsp3) is 0.333. The van der Waals surface area contributed by atoms with Gasteiger partial charge >= 0.3 is 5.97 Å². The zero-order chi connectivity index (χ0) is 13.9. The number of halogens is 1. The molecule has 3 N–H and O–H groups in total. The van der Waals surface area contributed by atoms with Crippen molar-refractivity contribution in [3.63, 3.8) is 0 Å². The van der Waals surface area contributed by atoms with Crippen LogP contribution in [0.5, 0.6) is 5.75 Å². The van der Waals surface area contributed by atoms with Crippen LogP contribution in [0.1, 0.15) is 24.2 Å². The second-order valence-electron chi connectivity index (χ2n) is 4.13. The van der Waals surface area contributed by atoms with E-state index in [-0.39, 0.29) is 17.2 Å². The summed E-state index contributed by atoms with van der Waals surface area (Å²) in [5, 5.41) is 8.92. The summed E-state index contributed by atoms with van der Waals surface area (Å²) in [5.74, 6) is -3.10. The summed E-state index contributed by atoms with van der Waals surface area (Å²) in [4.78, 5) is 21.7. The van der Waals surface area contributed by atoms with E-state index in [1.165, 1.54) is 6.07 Å². The fourth-order valence-corrected chi connectivity index (χ4v) is 1.39. The third kappa shape index (κ3) is 3.19. The molecule has 0 aliphatic heterocycles. The normalized spacial score (nSPS) is 12.2. The molecule has 0 bridgehead atoms. The van der Waals surface area contributed by atoms with Crippen molar-refractivity contribution in [2.45, 2.75) is 20.0 Å². The lowest BCUT2D eigenvalue weighted by molar-refractivity contribution is -0.147. The highest BCUT2D eigenvalue weighted by atomic mass is 19.1. The number of carbonyl (C=O) groups excluding carboxylic acids is 1. The van der Waals surface area contributed by atoms with Crippen LogP contribution in [0.4, 0.5) is 4.39 Å². The number of rotatable bonds is 5. The van der Waals surface area contributed by atoms with Crippen LogP contribution in [0, 0.1) is 11.7 Å². The number of carboxylic acids is 1. The topological polar surface area (TPSA) is 89.6 Å². The number of aliphatic carboxylic acids is 1. The SMILES string of the molecule is CC(C)C(Oc1ccc(C(N)=O)c(F)c1)C(=O)O. The van der Waals surface area contributed by atoms with E-state index in [9.17, 15) is 14.0 Å². The van der Waals surface area contributed by atoms with Gasteiger partial charge in [-0.25, -0.2) is 9.18 Å². The van der Waals surface area contributed by atoms with Crippen LogP contribution in [0.2, 0.25) is 0 Å². The molecule has 0 aliphatic rings. The van der Waals surface area contributed by atoms with E-state index in [1.807, 2.05) is 0 Å². The number of benzene rings is 1. The highest BCUT2D eigenvalue weighted by Gasteiger charge is 2.24. The Morgan fingerprint density at radius 3 is 2.39 bits per heavy atom. The lowest BCUT2D eigenvalue weighted by Gasteiger charge is -2.18. The number of primary amides is 1. The van der Waals surface area contributed by atoms with Crippen molar-refractivity contribution in [2.75, 3.05) is 0 Å². The van der Waals surface area contributed by atoms with Crippen molar-refractivity contribution < 1.29 is 23.8 Å². The maximum absolute atomic E-state index is 13.4. The van der Waals surface area contributed by atoms with Crippen LogP contribution in [0.25, 0.3) is 0 Å². The maximum Gasteiger partial charge on any atom is 0.345 e. The second kappa shape index (κ2) is 5.48. The molecule has 0 saturated heterocycles. The van der Waals surface area contributed by atoms with Gasteiger partial charge in [0.05, 0.1) is 5.56 Å². The zero-order valence-corrected chi connectivity index (χ0v) is 10.0. The molecule has 0 aromatic heterocycles. The van der Waals surface area contributed by atoms with Gasteiger partial charge in [0.15, 0.2) is 6.10 Å². The molecule has 18 heavy (non-hydrogen) atoms. The summed E-state index contributed by atoms with van der Waals surface area (Å²) in [7, 11) is 0. The predicted octanol–water partition coefficient (Wildman–Crippen LogP) is 1.41. The Balaban J connectivity index is 2.95. The van der Waals surface area contributed by atoms with Gasteiger partial charge in [-0.2, -0.15) is 0 Å². The first kappa shape index (κ1) is 14.0. The van der Waals surface area contributed by atoms with E-state index >= 15 is 0 Å². The van der Waals surface area contributed by atoms with Gasteiger partial charge in [-0.1, -0.05) is 13.8 Å². The van der Waals surface area contributed by atoms with E-state index < -0.39 is 23.8 Å². The molecule has 0 fully saturated rings. The van der Waals surface area contributed by atoms with Gasteiger partial charge in [-0.05, 0) is 12.1 Å². The second-order valence-corrected chi connectivity index (χ2v) is 4.13. The Bertz CT molecular complexity index is 473. The minimum absolute atomic E-state index is 0.0404. The van der Waals surface area contributed by atoms with Crippen LogP contribution in [-0.2, 0) is 4.79 Å². The van der Waals surface area contributed by atoms with E-state index in [1.54, 1.807) is 13.8 Å². The van der Waals surface area contributed by atoms with Crippen molar-refractivity contribution in [2.24, 2.45) is 11.7 Å². The van der Waals surface area contributed by atoms with E-state index in [4.69, 9.17) is 15.6 Å². The average molecular weight is 255 g/mol. The smallest absolute Gasteiger partial charge is 0.345 e. The number of hydrogen-bond donors (Lipinski definition) is 2. The number of nitrogens with two attached hydrogens (primary N) is 1. The van der Waals surface area contributed by atoms with Crippen molar-refractivity contribution in [1.82, 2.24) is 0 Å². The Morgan fingerprint density at radius 2 is 2.00 bits per heavy atom.